The number of carbonyl (C=O) groups excluding carboxylic acids is 3. The number of hydrogen-bond donors (Lipinski definition) is 1. The Morgan fingerprint density at radius 1 is 0.833 bits per heavy atom. The van der Waals surface area contributed by atoms with Gasteiger partial charge in [-0.2, -0.15) is 43.5 Å². The van der Waals surface area contributed by atoms with Crippen LogP contribution in [-0.2, 0) is 48.2 Å². The second-order valence-corrected chi connectivity index (χ2v) is 12.5. The van der Waals surface area contributed by atoms with Gasteiger partial charge in [0, 0.05) is 17.8 Å². The zero-order valence-corrected chi connectivity index (χ0v) is 22.0. The standard InChI is InChI=1S/C22H24F8O11S/c23-19(24,42(34,35)36)9-39-15(31)18-3-10-1-12(4-18)20(13(2-10)5-18)40-7-11(6-37-16(32)21(25,26)27)14(41-20)8-38-17(33)22(28,29)30/h10-14H,1-9H2,(H,34,35,36). The fourth-order valence-electron chi connectivity index (χ4n) is 6.52. The second-order valence-electron chi connectivity index (χ2n) is 11.0. The molecule has 4 saturated carbocycles. The summed E-state index contributed by atoms with van der Waals surface area (Å²) in [6.07, 6.45) is -11.7. The van der Waals surface area contributed by atoms with Crippen molar-refractivity contribution in [2.75, 3.05) is 26.4 Å². The average Bonchev–Trinajstić information content (AvgIpc) is 2.85. The number of hydrogen-bond acceptors (Lipinski definition) is 10. The summed E-state index contributed by atoms with van der Waals surface area (Å²) in [6, 6.07) is 0. The van der Waals surface area contributed by atoms with Crippen LogP contribution in [0.1, 0.15) is 32.1 Å². The highest BCUT2D eigenvalue weighted by molar-refractivity contribution is 7.86. The quantitative estimate of drug-likeness (QED) is 0.179. The summed E-state index contributed by atoms with van der Waals surface area (Å²) in [5, 5.41) is -4.77. The molecule has 4 bridgehead atoms. The van der Waals surface area contributed by atoms with Gasteiger partial charge in [0.15, 0.2) is 12.4 Å². The number of halogens is 8. The number of rotatable bonds is 8. The number of alkyl halides is 8. The lowest BCUT2D eigenvalue weighted by Gasteiger charge is -2.65. The smallest absolute Gasteiger partial charge is 0.459 e. The van der Waals surface area contributed by atoms with E-state index in [1.54, 1.807) is 0 Å². The molecule has 4 aliphatic carbocycles. The van der Waals surface area contributed by atoms with Crippen molar-refractivity contribution in [3.63, 3.8) is 0 Å². The molecule has 240 valence electrons. The van der Waals surface area contributed by atoms with Crippen molar-refractivity contribution in [3.8, 4) is 0 Å². The summed E-state index contributed by atoms with van der Waals surface area (Å²) in [6.45, 7) is -4.57. The maximum absolute atomic E-state index is 13.7. The maximum atomic E-state index is 13.7. The first kappa shape index (κ1) is 32.6. The molecule has 1 saturated heterocycles. The van der Waals surface area contributed by atoms with Gasteiger partial charge in [-0.1, -0.05) is 0 Å². The highest BCUT2D eigenvalue weighted by Gasteiger charge is 2.68. The average molecular weight is 648 g/mol. The van der Waals surface area contributed by atoms with E-state index in [0.29, 0.717) is 12.8 Å². The van der Waals surface area contributed by atoms with Crippen molar-refractivity contribution >= 4 is 28.0 Å². The Labute approximate surface area is 231 Å². The van der Waals surface area contributed by atoms with Crippen molar-refractivity contribution in [2.45, 2.75) is 61.6 Å². The highest BCUT2D eigenvalue weighted by Crippen LogP contribution is 2.66. The molecule has 4 atom stereocenters. The third-order valence-electron chi connectivity index (χ3n) is 8.16. The van der Waals surface area contributed by atoms with Crippen LogP contribution in [0.15, 0.2) is 0 Å². The van der Waals surface area contributed by atoms with Crippen molar-refractivity contribution in [1.29, 1.82) is 0 Å². The van der Waals surface area contributed by atoms with E-state index in [2.05, 4.69) is 14.2 Å². The number of carbonyl (C=O) groups is 3. The molecule has 5 aliphatic rings. The Balaban J connectivity index is 1.51. The van der Waals surface area contributed by atoms with E-state index < -0.39 is 107 Å². The Morgan fingerprint density at radius 3 is 1.86 bits per heavy atom. The van der Waals surface area contributed by atoms with E-state index >= 15 is 0 Å². The first-order valence-corrected chi connectivity index (χ1v) is 13.9. The molecule has 1 spiro atoms. The molecule has 5 fully saturated rings. The van der Waals surface area contributed by atoms with Gasteiger partial charge in [-0.3, -0.25) is 9.35 Å². The molecular formula is C22H24F8O11S. The molecule has 0 amide bonds. The van der Waals surface area contributed by atoms with Crippen LogP contribution in [0.25, 0.3) is 0 Å². The monoisotopic (exact) mass is 648 g/mol. The number of esters is 3. The molecule has 11 nitrogen and oxygen atoms in total. The van der Waals surface area contributed by atoms with Crippen molar-refractivity contribution < 1.29 is 86.2 Å². The summed E-state index contributed by atoms with van der Waals surface area (Å²) in [7, 11) is -5.88. The molecule has 0 radical (unpaired) electrons. The Kier molecular flexibility index (Phi) is 8.29. The van der Waals surface area contributed by atoms with Gasteiger partial charge < -0.3 is 23.7 Å². The minimum absolute atomic E-state index is 0.112. The van der Waals surface area contributed by atoms with Crippen LogP contribution in [0, 0.1) is 29.1 Å². The molecule has 1 aliphatic heterocycles. The zero-order chi connectivity index (χ0) is 31.5. The van der Waals surface area contributed by atoms with Crippen LogP contribution < -0.4 is 0 Å². The molecule has 4 unspecified atom stereocenters. The Hall–Kier alpha value is -2.32. The largest absolute Gasteiger partial charge is 0.490 e. The predicted octanol–water partition coefficient (Wildman–Crippen LogP) is 2.78. The van der Waals surface area contributed by atoms with E-state index in [0.717, 1.165) is 0 Å². The fraction of sp³-hybridized carbons (Fsp3) is 0.864. The van der Waals surface area contributed by atoms with Gasteiger partial charge in [-0.05, 0) is 38.0 Å². The topological polar surface area (TPSA) is 152 Å². The van der Waals surface area contributed by atoms with Crippen LogP contribution in [0.2, 0.25) is 0 Å². The summed E-state index contributed by atoms with van der Waals surface area (Å²) in [5.41, 5.74) is -1.39. The maximum Gasteiger partial charge on any atom is 0.490 e. The normalized spacial score (nSPS) is 34.7. The van der Waals surface area contributed by atoms with Crippen molar-refractivity contribution in [3.05, 3.63) is 0 Å². The second kappa shape index (κ2) is 10.7. The first-order chi connectivity index (χ1) is 19.1. The van der Waals surface area contributed by atoms with Gasteiger partial charge in [-0.15, -0.1) is 0 Å². The summed E-state index contributed by atoms with van der Waals surface area (Å²) in [4.78, 5) is 35.4. The minimum atomic E-state index is -5.88. The molecule has 5 rings (SSSR count). The summed E-state index contributed by atoms with van der Waals surface area (Å²) >= 11 is 0. The van der Waals surface area contributed by atoms with E-state index in [-0.39, 0.29) is 25.2 Å². The van der Waals surface area contributed by atoms with E-state index in [9.17, 15) is 57.9 Å². The first-order valence-electron chi connectivity index (χ1n) is 12.4. The Morgan fingerprint density at radius 2 is 1.36 bits per heavy atom. The van der Waals surface area contributed by atoms with Crippen molar-refractivity contribution in [2.24, 2.45) is 29.1 Å². The van der Waals surface area contributed by atoms with Gasteiger partial charge in [-0.25, -0.2) is 9.59 Å². The van der Waals surface area contributed by atoms with Gasteiger partial charge in [0.05, 0.1) is 18.6 Å². The lowest BCUT2D eigenvalue weighted by molar-refractivity contribution is -0.397. The highest BCUT2D eigenvalue weighted by atomic mass is 32.2. The molecule has 0 aromatic carbocycles. The van der Waals surface area contributed by atoms with Gasteiger partial charge >= 0.3 is 45.6 Å². The molecule has 0 aromatic rings. The van der Waals surface area contributed by atoms with Crippen LogP contribution >= 0.6 is 0 Å². The number of ether oxygens (including phenoxy) is 5. The molecule has 1 N–H and O–H groups in total. The molecule has 42 heavy (non-hydrogen) atoms. The van der Waals surface area contributed by atoms with Gasteiger partial charge in [0.1, 0.15) is 12.7 Å². The lowest BCUT2D eigenvalue weighted by atomic mass is 9.47. The van der Waals surface area contributed by atoms with Gasteiger partial charge in [0.2, 0.25) is 0 Å². The summed E-state index contributed by atoms with van der Waals surface area (Å²) < 4.78 is 159. The third kappa shape index (κ3) is 6.17. The minimum Gasteiger partial charge on any atom is -0.459 e. The van der Waals surface area contributed by atoms with Crippen molar-refractivity contribution in [1.82, 2.24) is 0 Å². The predicted molar refractivity (Wildman–Crippen MR) is 115 cm³/mol. The molecule has 1 heterocycles. The third-order valence-corrected chi connectivity index (χ3v) is 9.04. The van der Waals surface area contributed by atoms with Crippen LogP contribution in [-0.4, -0.2) is 86.8 Å². The van der Waals surface area contributed by atoms with E-state index in [4.69, 9.17) is 14.0 Å². The Bertz CT molecular complexity index is 1190. The van der Waals surface area contributed by atoms with E-state index in [1.165, 1.54) is 0 Å². The SMILES string of the molecule is O=C(OCC1COC2(OC1COC(=O)C(F)(F)F)C1CC3CC2CC(C(=O)OCC(F)(F)S(=O)(=O)O)(C3)C1)C(F)(F)F. The fourth-order valence-corrected chi connectivity index (χ4v) is 6.73. The van der Waals surface area contributed by atoms with Crippen LogP contribution in [0.3, 0.4) is 0 Å². The summed E-state index contributed by atoms with van der Waals surface area (Å²) in [5.74, 6) is -10.9. The van der Waals surface area contributed by atoms with Crippen LogP contribution in [0.5, 0.6) is 0 Å². The molecule has 0 aromatic heterocycles. The van der Waals surface area contributed by atoms with E-state index in [1.807, 2.05) is 0 Å². The van der Waals surface area contributed by atoms with Crippen LogP contribution in [0.4, 0.5) is 35.1 Å². The molecular weight excluding hydrogens is 624 g/mol. The van der Waals surface area contributed by atoms with Gasteiger partial charge in [0.25, 0.3) is 0 Å². The zero-order valence-electron chi connectivity index (χ0n) is 21.2. The lowest BCUT2D eigenvalue weighted by Crippen LogP contribution is -2.68. The molecule has 20 heteroatoms.